The van der Waals surface area contributed by atoms with Gasteiger partial charge in [-0.25, -0.2) is 9.78 Å². The molecule has 1 heterocycles. The molecule has 5 heteroatoms. The third-order valence-corrected chi connectivity index (χ3v) is 2.52. The molecular weight excluding hydrogens is 230 g/mol. The van der Waals surface area contributed by atoms with Gasteiger partial charge in [-0.05, 0) is 45.6 Å². The van der Waals surface area contributed by atoms with Crippen LogP contribution in [0.15, 0.2) is 18.3 Å². The first-order valence-electron chi connectivity index (χ1n) is 6.06. The average molecular weight is 251 g/mol. The molecular formula is C13H21N3O2. The van der Waals surface area contributed by atoms with Gasteiger partial charge in [0.05, 0.1) is 7.11 Å². The second kappa shape index (κ2) is 7.66. The van der Waals surface area contributed by atoms with Crippen LogP contribution in [0.2, 0.25) is 0 Å². The zero-order valence-electron chi connectivity index (χ0n) is 11.3. The van der Waals surface area contributed by atoms with E-state index >= 15 is 0 Å². The first-order valence-corrected chi connectivity index (χ1v) is 6.06. The summed E-state index contributed by atoms with van der Waals surface area (Å²) < 4.78 is 4.63. The van der Waals surface area contributed by atoms with E-state index < -0.39 is 5.97 Å². The molecule has 18 heavy (non-hydrogen) atoms. The topological polar surface area (TPSA) is 54.5 Å². The molecule has 0 aliphatic rings. The van der Waals surface area contributed by atoms with Gasteiger partial charge in [0.1, 0.15) is 5.69 Å². The monoisotopic (exact) mass is 251 g/mol. The van der Waals surface area contributed by atoms with Gasteiger partial charge in [0, 0.05) is 18.4 Å². The number of pyridine rings is 1. The average Bonchev–Trinajstić information content (AvgIpc) is 2.37. The van der Waals surface area contributed by atoms with Gasteiger partial charge in [0.2, 0.25) is 0 Å². The van der Waals surface area contributed by atoms with E-state index in [2.05, 4.69) is 34.0 Å². The fraction of sp³-hybridized carbons (Fsp3) is 0.538. The third-order valence-electron chi connectivity index (χ3n) is 2.52. The normalized spacial score (nSPS) is 10.4. The van der Waals surface area contributed by atoms with Crippen LogP contribution in [0, 0.1) is 0 Å². The van der Waals surface area contributed by atoms with Gasteiger partial charge in [0.15, 0.2) is 0 Å². The number of esters is 1. The van der Waals surface area contributed by atoms with Crippen molar-refractivity contribution >= 4 is 11.7 Å². The second-order valence-corrected chi connectivity index (χ2v) is 4.36. The van der Waals surface area contributed by atoms with Gasteiger partial charge in [0.25, 0.3) is 0 Å². The van der Waals surface area contributed by atoms with Crippen LogP contribution in [0.1, 0.15) is 23.3 Å². The zero-order chi connectivity index (χ0) is 13.4. The summed E-state index contributed by atoms with van der Waals surface area (Å²) in [6, 6.07) is 3.55. The van der Waals surface area contributed by atoms with Crippen molar-refractivity contribution in [2.45, 2.75) is 12.8 Å². The molecule has 0 saturated heterocycles. The Morgan fingerprint density at radius 3 is 2.89 bits per heavy atom. The van der Waals surface area contributed by atoms with E-state index in [0.717, 1.165) is 31.6 Å². The van der Waals surface area contributed by atoms with Crippen molar-refractivity contribution in [3.05, 3.63) is 24.0 Å². The Kier molecular flexibility index (Phi) is 6.14. The van der Waals surface area contributed by atoms with Gasteiger partial charge < -0.3 is 15.0 Å². The number of ether oxygens (including phenoxy) is 1. The SMILES string of the molecule is COC(=O)c1cc(NCCCCN(C)C)ccn1. The van der Waals surface area contributed by atoms with Crippen LogP contribution in [0.25, 0.3) is 0 Å². The Bertz CT molecular complexity index is 380. The molecule has 0 aliphatic carbocycles. The van der Waals surface area contributed by atoms with Gasteiger partial charge in [-0.1, -0.05) is 0 Å². The molecule has 1 rings (SSSR count). The van der Waals surface area contributed by atoms with Gasteiger partial charge in [-0.15, -0.1) is 0 Å². The number of nitrogens with zero attached hydrogens (tertiary/aromatic N) is 2. The van der Waals surface area contributed by atoms with Crippen LogP contribution in [-0.4, -0.2) is 50.1 Å². The Labute approximate surface area is 108 Å². The quantitative estimate of drug-likeness (QED) is 0.589. The standard InChI is InChI=1S/C13H21N3O2/c1-16(2)9-5-4-7-14-11-6-8-15-12(10-11)13(17)18-3/h6,8,10H,4-5,7,9H2,1-3H3,(H,14,15). The van der Waals surface area contributed by atoms with Crippen molar-refractivity contribution in [3.8, 4) is 0 Å². The molecule has 0 atom stereocenters. The Hall–Kier alpha value is -1.62. The van der Waals surface area contributed by atoms with Crippen LogP contribution in [0.3, 0.4) is 0 Å². The van der Waals surface area contributed by atoms with Gasteiger partial charge >= 0.3 is 5.97 Å². The smallest absolute Gasteiger partial charge is 0.356 e. The highest BCUT2D eigenvalue weighted by Crippen LogP contribution is 2.09. The van der Waals surface area contributed by atoms with Crippen molar-refractivity contribution in [1.82, 2.24) is 9.88 Å². The van der Waals surface area contributed by atoms with E-state index in [1.165, 1.54) is 7.11 Å². The van der Waals surface area contributed by atoms with E-state index in [1.54, 1.807) is 12.3 Å². The number of carbonyl (C=O) groups is 1. The molecule has 100 valence electrons. The van der Waals surface area contributed by atoms with Gasteiger partial charge in [-0.3, -0.25) is 0 Å². The number of aromatic nitrogens is 1. The maximum Gasteiger partial charge on any atom is 0.356 e. The molecule has 0 amide bonds. The summed E-state index contributed by atoms with van der Waals surface area (Å²) in [5, 5.41) is 3.27. The summed E-state index contributed by atoms with van der Waals surface area (Å²) in [6.07, 6.45) is 3.84. The Morgan fingerprint density at radius 2 is 2.22 bits per heavy atom. The third kappa shape index (κ3) is 5.14. The fourth-order valence-electron chi connectivity index (χ4n) is 1.54. The van der Waals surface area contributed by atoms with Gasteiger partial charge in [-0.2, -0.15) is 0 Å². The van der Waals surface area contributed by atoms with E-state index in [4.69, 9.17) is 0 Å². The molecule has 0 unspecified atom stereocenters. The molecule has 1 N–H and O–H groups in total. The number of carbonyl (C=O) groups excluding carboxylic acids is 1. The maximum absolute atomic E-state index is 11.3. The summed E-state index contributed by atoms with van der Waals surface area (Å²) in [6.45, 7) is 1.98. The predicted octanol–water partition coefficient (Wildman–Crippen LogP) is 1.62. The minimum atomic E-state index is -0.411. The number of methoxy groups -OCH3 is 1. The lowest BCUT2D eigenvalue weighted by Crippen LogP contribution is -2.14. The molecule has 0 aliphatic heterocycles. The molecule has 5 nitrogen and oxygen atoms in total. The van der Waals surface area contributed by atoms with E-state index in [1.807, 2.05) is 6.07 Å². The molecule has 0 saturated carbocycles. The highest BCUT2D eigenvalue weighted by molar-refractivity contribution is 5.88. The molecule has 0 bridgehead atoms. The number of nitrogens with one attached hydrogen (secondary N) is 1. The van der Waals surface area contributed by atoms with Crippen LogP contribution >= 0.6 is 0 Å². The minimum Gasteiger partial charge on any atom is -0.464 e. The molecule has 1 aromatic heterocycles. The molecule has 0 aromatic carbocycles. The lowest BCUT2D eigenvalue weighted by Gasteiger charge is -2.10. The maximum atomic E-state index is 11.3. The number of hydrogen-bond donors (Lipinski definition) is 1. The van der Waals surface area contributed by atoms with Crippen LogP contribution in [0.4, 0.5) is 5.69 Å². The number of unbranched alkanes of at least 4 members (excludes halogenated alkanes) is 1. The first-order chi connectivity index (χ1) is 8.63. The predicted molar refractivity (Wildman–Crippen MR) is 71.9 cm³/mol. The summed E-state index contributed by atoms with van der Waals surface area (Å²) in [7, 11) is 5.49. The minimum absolute atomic E-state index is 0.329. The Morgan fingerprint density at radius 1 is 1.44 bits per heavy atom. The lowest BCUT2D eigenvalue weighted by atomic mass is 10.2. The summed E-state index contributed by atoms with van der Waals surface area (Å²) in [5.41, 5.74) is 1.23. The fourth-order valence-corrected chi connectivity index (χ4v) is 1.54. The van der Waals surface area contributed by atoms with Crippen molar-refractivity contribution in [3.63, 3.8) is 0 Å². The second-order valence-electron chi connectivity index (χ2n) is 4.36. The van der Waals surface area contributed by atoms with Crippen molar-refractivity contribution < 1.29 is 9.53 Å². The van der Waals surface area contributed by atoms with Crippen LogP contribution in [-0.2, 0) is 4.74 Å². The van der Waals surface area contributed by atoms with Crippen molar-refractivity contribution in [2.24, 2.45) is 0 Å². The molecule has 0 fully saturated rings. The lowest BCUT2D eigenvalue weighted by molar-refractivity contribution is 0.0594. The molecule has 0 radical (unpaired) electrons. The first kappa shape index (κ1) is 14.4. The molecule has 0 spiro atoms. The van der Waals surface area contributed by atoms with E-state index in [0.29, 0.717) is 5.69 Å². The highest BCUT2D eigenvalue weighted by atomic mass is 16.5. The number of rotatable bonds is 7. The molecule has 1 aromatic rings. The van der Waals surface area contributed by atoms with Crippen molar-refractivity contribution in [1.29, 1.82) is 0 Å². The Balaban J connectivity index is 2.36. The summed E-state index contributed by atoms with van der Waals surface area (Å²) in [5.74, 6) is -0.411. The summed E-state index contributed by atoms with van der Waals surface area (Å²) in [4.78, 5) is 17.4. The largest absolute Gasteiger partial charge is 0.464 e. The summed E-state index contributed by atoms with van der Waals surface area (Å²) >= 11 is 0. The van der Waals surface area contributed by atoms with E-state index in [-0.39, 0.29) is 0 Å². The van der Waals surface area contributed by atoms with Crippen LogP contribution in [0.5, 0.6) is 0 Å². The highest BCUT2D eigenvalue weighted by Gasteiger charge is 2.06. The number of anilines is 1. The number of hydrogen-bond acceptors (Lipinski definition) is 5. The van der Waals surface area contributed by atoms with Crippen molar-refractivity contribution in [2.75, 3.05) is 39.6 Å². The van der Waals surface area contributed by atoms with E-state index in [9.17, 15) is 4.79 Å². The van der Waals surface area contributed by atoms with Crippen LogP contribution < -0.4 is 5.32 Å². The zero-order valence-corrected chi connectivity index (χ0v) is 11.3.